The van der Waals surface area contributed by atoms with Gasteiger partial charge in [-0.05, 0) is 0 Å². The molecular formula is C22H38ClP. The Hall–Kier alpha value is -0.320. The van der Waals surface area contributed by atoms with Gasteiger partial charge < -0.3 is 0 Å². The molecule has 0 unspecified atom stereocenters. The van der Waals surface area contributed by atoms with Crippen LogP contribution in [-0.4, -0.2) is 24.6 Å². The Kier molecular flexibility index (Phi) is 9.61. The number of aryl methyl sites for hydroxylation is 1. The van der Waals surface area contributed by atoms with E-state index in [1.807, 2.05) is 6.08 Å². The molecule has 2 heteroatoms. The minimum absolute atomic E-state index is 1.13. The molecule has 0 aromatic heterocycles. The van der Waals surface area contributed by atoms with Crippen LogP contribution in [0.3, 0.4) is 0 Å². The first kappa shape index (κ1) is 21.7. The maximum atomic E-state index is 7.66. The summed E-state index contributed by atoms with van der Waals surface area (Å²) in [4.78, 5) is 0. The molecule has 0 spiro atoms. The monoisotopic (exact) mass is 368 g/mol. The van der Waals surface area contributed by atoms with Crippen LogP contribution in [0.1, 0.15) is 70.4 Å². The van der Waals surface area contributed by atoms with Crippen molar-refractivity contribution in [3.63, 3.8) is 0 Å². The molecule has 0 saturated heterocycles. The molecule has 0 N–H and O–H groups in total. The van der Waals surface area contributed by atoms with Crippen LogP contribution in [0, 0.1) is 0 Å². The third kappa shape index (κ3) is 6.89. The van der Waals surface area contributed by atoms with Crippen LogP contribution in [0.15, 0.2) is 30.8 Å². The summed E-state index contributed by atoms with van der Waals surface area (Å²) in [6.45, 7) is 10.7. The minimum atomic E-state index is -2.10. The number of hydrogen-bond donors (Lipinski definition) is 0. The normalized spacial score (nSPS) is 13.4. The van der Waals surface area contributed by atoms with Crippen molar-refractivity contribution in [3.05, 3.63) is 42.0 Å². The molecule has 0 amide bonds. The topological polar surface area (TPSA) is 0 Å². The summed E-state index contributed by atoms with van der Waals surface area (Å²) in [7, 11) is 0. The molecule has 0 heterocycles. The quantitative estimate of drug-likeness (QED) is 0.309. The second-order valence-corrected chi connectivity index (χ2v) is 15.8. The van der Waals surface area contributed by atoms with Crippen LogP contribution in [0.25, 0.3) is 6.08 Å². The molecule has 0 aliphatic carbocycles. The van der Waals surface area contributed by atoms with Gasteiger partial charge in [0.05, 0.1) is 0 Å². The molecule has 1 rings (SSSR count). The van der Waals surface area contributed by atoms with E-state index in [4.69, 9.17) is 11.2 Å². The summed E-state index contributed by atoms with van der Waals surface area (Å²) in [5.74, 6) is -2.10. The van der Waals surface area contributed by atoms with Crippen LogP contribution in [0.2, 0.25) is 0 Å². The van der Waals surface area contributed by atoms with E-state index in [1.54, 1.807) is 0 Å². The predicted molar refractivity (Wildman–Crippen MR) is 117 cm³/mol. The number of rotatable bonds is 13. The molecule has 0 radical (unpaired) electrons. The second kappa shape index (κ2) is 10.6. The SMILES string of the molecule is C=Cc1ccc(CCP(Cl)(CCCC)(CCCC)CCCC)cc1. The molecule has 0 atom stereocenters. The molecule has 0 aliphatic rings. The number of hydrogen-bond acceptors (Lipinski definition) is 0. The van der Waals surface area contributed by atoms with Crippen molar-refractivity contribution >= 4 is 23.3 Å². The Labute approximate surface area is 155 Å². The zero-order valence-electron chi connectivity index (χ0n) is 16.2. The van der Waals surface area contributed by atoms with E-state index in [-0.39, 0.29) is 0 Å². The number of unbranched alkanes of at least 4 members (excludes halogenated alkanes) is 3. The summed E-state index contributed by atoms with van der Waals surface area (Å²) >= 11 is 7.66. The Morgan fingerprint density at radius 2 is 1.29 bits per heavy atom. The van der Waals surface area contributed by atoms with E-state index in [0.29, 0.717) is 0 Å². The summed E-state index contributed by atoms with van der Waals surface area (Å²) in [6.07, 6.45) is 15.8. The molecule has 138 valence electrons. The molecular weight excluding hydrogens is 331 g/mol. The average Bonchev–Trinajstić information content (AvgIpc) is 2.63. The van der Waals surface area contributed by atoms with Gasteiger partial charge in [-0.15, -0.1) is 0 Å². The third-order valence-corrected chi connectivity index (χ3v) is 13.1. The fraction of sp³-hybridized carbons (Fsp3) is 0.636. The van der Waals surface area contributed by atoms with Gasteiger partial charge in [-0.2, -0.15) is 0 Å². The van der Waals surface area contributed by atoms with Gasteiger partial charge in [-0.1, -0.05) is 0 Å². The van der Waals surface area contributed by atoms with E-state index < -0.39 is 5.96 Å². The van der Waals surface area contributed by atoms with Crippen LogP contribution in [0.5, 0.6) is 0 Å². The van der Waals surface area contributed by atoms with Crippen molar-refractivity contribution in [3.8, 4) is 0 Å². The van der Waals surface area contributed by atoms with Gasteiger partial charge in [0, 0.05) is 0 Å². The first-order chi connectivity index (χ1) is 11.5. The van der Waals surface area contributed by atoms with Gasteiger partial charge in [0.15, 0.2) is 0 Å². The predicted octanol–water partition coefficient (Wildman–Crippen LogP) is 7.98. The Balaban J connectivity index is 2.92. The van der Waals surface area contributed by atoms with Crippen molar-refractivity contribution in [2.45, 2.75) is 65.7 Å². The Bertz CT molecular complexity index is 453. The second-order valence-electron chi connectivity index (χ2n) is 7.47. The fourth-order valence-corrected chi connectivity index (χ4v) is 10.4. The van der Waals surface area contributed by atoms with Gasteiger partial charge in [-0.3, -0.25) is 0 Å². The van der Waals surface area contributed by atoms with Crippen LogP contribution < -0.4 is 0 Å². The van der Waals surface area contributed by atoms with Crippen molar-refractivity contribution in [2.75, 3.05) is 24.6 Å². The first-order valence-corrected chi connectivity index (χ1v) is 13.8. The third-order valence-electron chi connectivity index (χ3n) is 5.39. The summed E-state index contributed by atoms with van der Waals surface area (Å²) < 4.78 is 0. The van der Waals surface area contributed by atoms with E-state index in [0.717, 1.165) is 6.42 Å². The van der Waals surface area contributed by atoms with Crippen molar-refractivity contribution < 1.29 is 0 Å². The zero-order chi connectivity index (χ0) is 17.9. The molecule has 1 aromatic rings. The average molecular weight is 369 g/mol. The maximum absolute atomic E-state index is 7.66. The molecule has 0 aliphatic heterocycles. The van der Waals surface area contributed by atoms with E-state index in [2.05, 4.69) is 51.6 Å². The fourth-order valence-electron chi connectivity index (χ4n) is 3.56. The zero-order valence-corrected chi connectivity index (χ0v) is 17.8. The van der Waals surface area contributed by atoms with Gasteiger partial charge >= 0.3 is 156 Å². The Morgan fingerprint density at radius 1 is 0.833 bits per heavy atom. The van der Waals surface area contributed by atoms with Crippen LogP contribution in [-0.2, 0) is 6.42 Å². The molecule has 24 heavy (non-hydrogen) atoms. The molecule has 0 bridgehead atoms. The van der Waals surface area contributed by atoms with E-state index >= 15 is 0 Å². The van der Waals surface area contributed by atoms with Crippen LogP contribution >= 0.6 is 17.2 Å². The molecule has 0 fully saturated rings. The Morgan fingerprint density at radius 3 is 1.67 bits per heavy atom. The van der Waals surface area contributed by atoms with E-state index in [9.17, 15) is 0 Å². The summed E-state index contributed by atoms with van der Waals surface area (Å²) in [5.41, 5.74) is 2.63. The standard InChI is InChI=1S/C22H38ClP/c1-5-9-17-24(23,18-10-6-2,19-11-7-3)20-16-22-14-12-21(8-4)13-15-22/h8,12-15H,4-7,9-11,16-20H2,1-3H3. The first-order valence-electron chi connectivity index (χ1n) is 9.93. The molecule has 1 aromatic carbocycles. The van der Waals surface area contributed by atoms with Crippen molar-refractivity contribution in [2.24, 2.45) is 0 Å². The van der Waals surface area contributed by atoms with Crippen molar-refractivity contribution in [1.82, 2.24) is 0 Å². The number of benzene rings is 1. The summed E-state index contributed by atoms with van der Waals surface area (Å²) in [5, 5.41) is 0. The molecule has 0 nitrogen and oxygen atoms in total. The van der Waals surface area contributed by atoms with Gasteiger partial charge in [0.2, 0.25) is 0 Å². The molecule has 0 saturated carbocycles. The van der Waals surface area contributed by atoms with E-state index in [1.165, 1.54) is 74.3 Å². The van der Waals surface area contributed by atoms with Gasteiger partial charge in [0.1, 0.15) is 0 Å². The van der Waals surface area contributed by atoms with Crippen LogP contribution in [0.4, 0.5) is 0 Å². The number of halogens is 1. The van der Waals surface area contributed by atoms with Crippen molar-refractivity contribution in [1.29, 1.82) is 0 Å². The summed E-state index contributed by atoms with van der Waals surface area (Å²) in [6, 6.07) is 8.87. The van der Waals surface area contributed by atoms with Gasteiger partial charge in [-0.25, -0.2) is 0 Å². The van der Waals surface area contributed by atoms with Gasteiger partial charge in [0.25, 0.3) is 0 Å².